The molecule has 1 aromatic carbocycles. The van der Waals surface area contributed by atoms with E-state index in [1.807, 2.05) is 0 Å². The number of nitrogen functional groups attached to an aromatic ring is 1. The van der Waals surface area contributed by atoms with Crippen LogP contribution < -0.4 is 11.1 Å². The molecule has 0 fully saturated rings. The van der Waals surface area contributed by atoms with E-state index in [4.69, 9.17) is 22.1 Å². The van der Waals surface area contributed by atoms with Gasteiger partial charge < -0.3 is 15.8 Å². The first-order valence-electron chi connectivity index (χ1n) is 6.53. The van der Waals surface area contributed by atoms with Gasteiger partial charge in [0.05, 0.1) is 5.56 Å². The molecule has 0 unspecified atom stereocenters. The van der Waals surface area contributed by atoms with Gasteiger partial charge in [-0.3, -0.25) is 4.79 Å². The summed E-state index contributed by atoms with van der Waals surface area (Å²) in [5.41, 5.74) is 6.09. The Balaban J connectivity index is 2.37. The zero-order valence-corrected chi connectivity index (χ0v) is 12.2. The van der Waals surface area contributed by atoms with Crippen molar-refractivity contribution in [2.24, 2.45) is 0 Å². The van der Waals surface area contributed by atoms with E-state index in [9.17, 15) is 9.59 Å². The molecule has 0 atom stereocenters. The SMILES string of the molecule is CCCCCNC(=O)COC(=O)c1ccc(Cl)cc1N. The number of unbranched alkanes of at least 4 members (excludes halogenated alkanes) is 2. The summed E-state index contributed by atoms with van der Waals surface area (Å²) in [5.74, 6) is -0.954. The number of rotatable bonds is 7. The molecule has 3 N–H and O–H groups in total. The van der Waals surface area contributed by atoms with Crippen molar-refractivity contribution in [1.82, 2.24) is 5.32 Å². The van der Waals surface area contributed by atoms with Gasteiger partial charge in [-0.2, -0.15) is 0 Å². The minimum absolute atomic E-state index is 0.202. The van der Waals surface area contributed by atoms with E-state index in [0.717, 1.165) is 19.3 Å². The lowest BCUT2D eigenvalue weighted by molar-refractivity contribution is -0.124. The first kappa shape index (κ1) is 16.3. The summed E-state index contributed by atoms with van der Waals surface area (Å²) in [7, 11) is 0. The lowest BCUT2D eigenvalue weighted by Crippen LogP contribution is -2.29. The van der Waals surface area contributed by atoms with Crippen molar-refractivity contribution in [3.63, 3.8) is 0 Å². The molecule has 0 aromatic heterocycles. The minimum atomic E-state index is -0.636. The maximum atomic E-state index is 11.7. The Hall–Kier alpha value is -1.75. The number of carbonyl (C=O) groups is 2. The van der Waals surface area contributed by atoms with E-state index in [2.05, 4.69) is 12.2 Å². The van der Waals surface area contributed by atoms with Crippen LogP contribution in [0.2, 0.25) is 5.02 Å². The van der Waals surface area contributed by atoms with Crippen LogP contribution in [0, 0.1) is 0 Å². The third kappa shape index (κ3) is 5.48. The van der Waals surface area contributed by atoms with Crippen LogP contribution in [0.4, 0.5) is 5.69 Å². The highest BCUT2D eigenvalue weighted by molar-refractivity contribution is 6.31. The van der Waals surface area contributed by atoms with Crippen molar-refractivity contribution in [2.75, 3.05) is 18.9 Å². The Morgan fingerprint density at radius 1 is 1.35 bits per heavy atom. The van der Waals surface area contributed by atoms with Gasteiger partial charge in [0, 0.05) is 17.3 Å². The number of halogens is 1. The van der Waals surface area contributed by atoms with Gasteiger partial charge in [0.15, 0.2) is 6.61 Å². The molecule has 0 aliphatic carbocycles. The second-order valence-corrected chi connectivity index (χ2v) is 4.80. The van der Waals surface area contributed by atoms with Crippen molar-refractivity contribution in [3.8, 4) is 0 Å². The quantitative estimate of drug-likeness (QED) is 0.460. The molecule has 6 heteroatoms. The standard InChI is InChI=1S/C14H19ClN2O3/c1-2-3-4-7-17-13(18)9-20-14(19)11-6-5-10(15)8-12(11)16/h5-6,8H,2-4,7,9,16H2,1H3,(H,17,18). The molecule has 5 nitrogen and oxygen atoms in total. The number of nitrogens with two attached hydrogens (primary N) is 1. The zero-order chi connectivity index (χ0) is 15.0. The number of ether oxygens (including phenoxy) is 1. The smallest absolute Gasteiger partial charge is 0.340 e. The van der Waals surface area contributed by atoms with Crippen molar-refractivity contribution < 1.29 is 14.3 Å². The average molecular weight is 299 g/mol. The fourth-order valence-electron chi connectivity index (χ4n) is 1.58. The van der Waals surface area contributed by atoms with Gasteiger partial charge in [0.1, 0.15) is 0 Å². The molecule has 0 radical (unpaired) electrons. The van der Waals surface area contributed by atoms with Crippen LogP contribution >= 0.6 is 11.6 Å². The summed E-state index contributed by atoms with van der Waals surface area (Å²) < 4.78 is 4.89. The molecular weight excluding hydrogens is 280 g/mol. The van der Waals surface area contributed by atoms with Gasteiger partial charge >= 0.3 is 5.97 Å². The predicted molar refractivity (Wildman–Crippen MR) is 78.7 cm³/mol. The number of benzene rings is 1. The topological polar surface area (TPSA) is 81.4 Å². The molecule has 1 rings (SSSR count). The number of anilines is 1. The second-order valence-electron chi connectivity index (χ2n) is 4.36. The van der Waals surface area contributed by atoms with Gasteiger partial charge in [0.25, 0.3) is 5.91 Å². The maximum absolute atomic E-state index is 11.7. The summed E-state index contributed by atoms with van der Waals surface area (Å²) in [4.78, 5) is 23.2. The van der Waals surface area contributed by atoms with Crippen LogP contribution in [0.1, 0.15) is 36.5 Å². The van der Waals surface area contributed by atoms with Gasteiger partial charge in [-0.15, -0.1) is 0 Å². The molecule has 0 heterocycles. The highest BCUT2D eigenvalue weighted by atomic mass is 35.5. The Bertz CT molecular complexity index is 477. The van der Waals surface area contributed by atoms with Crippen LogP contribution in [0.5, 0.6) is 0 Å². The Morgan fingerprint density at radius 2 is 2.10 bits per heavy atom. The normalized spacial score (nSPS) is 10.1. The molecule has 1 amide bonds. The fraction of sp³-hybridized carbons (Fsp3) is 0.429. The van der Waals surface area contributed by atoms with Gasteiger partial charge in [0.2, 0.25) is 0 Å². The fourth-order valence-corrected chi connectivity index (χ4v) is 1.76. The minimum Gasteiger partial charge on any atom is -0.452 e. The molecule has 0 spiro atoms. The molecular formula is C14H19ClN2O3. The number of hydrogen-bond donors (Lipinski definition) is 2. The highest BCUT2D eigenvalue weighted by Crippen LogP contribution is 2.18. The van der Waals surface area contributed by atoms with Crippen LogP contribution in [-0.4, -0.2) is 25.0 Å². The van der Waals surface area contributed by atoms with E-state index in [0.29, 0.717) is 11.6 Å². The Kier molecular flexibility index (Phi) is 6.87. The van der Waals surface area contributed by atoms with Crippen LogP contribution in [0.15, 0.2) is 18.2 Å². The molecule has 1 aromatic rings. The summed E-state index contributed by atoms with van der Waals surface area (Å²) in [6, 6.07) is 4.47. The van der Waals surface area contributed by atoms with Gasteiger partial charge in [-0.1, -0.05) is 31.4 Å². The van der Waals surface area contributed by atoms with Crippen molar-refractivity contribution in [2.45, 2.75) is 26.2 Å². The summed E-state index contributed by atoms with van der Waals surface area (Å²) in [6.45, 7) is 2.36. The molecule has 0 bridgehead atoms. The van der Waals surface area contributed by atoms with E-state index in [1.54, 1.807) is 6.07 Å². The van der Waals surface area contributed by atoms with Crippen molar-refractivity contribution in [1.29, 1.82) is 0 Å². The zero-order valence-electron chi connectivity index (χ0n) is 11.4. The number of carbonyl (C=O) groups excluding carboxylic acids is 2. The molecule has 0 aliphatic rings. The lowest BCUT2D eigenvalue weighted by atomic mass is 10.2. The monoisotopic (exact) mass is 298 g/mol. The summed E-state index contributed by atoms with van der Waals surface area (Å²) in [5, 5.41) is 3.12. The average Bonchev–Trinajstić information content (AvgIpc) is 2.41. The number of esters is 1. The first-order chi connectivity index (χ1) is 9.54. The third-order valence-corrected chi connectivity index (χ3v) is 2.91. The highest BCUT2D eigenvalue weighted by Gasteiger charge is 2.13. The summed E-state index contributed by atoms with van der Waals surface area (Å²) >= 11 is 5.74. The van der Waals surface area contributed by atoms with Gasteiger partial charge in [-0.25, -0.2) is 4.79 Å². The van der Waals surface area contributed by atoms with Crippen molar-refractivity contribution >= 4 is 29.2 Å². The second kappa shape index (κ2) is 8.43. The molecule has 0 saturated carbocycles. The largest absolute Gasteiger partial charge is 0.452 e. The van der Waals surface area contributed by atoms with E-state index < -0.39 is 5.97 Å². The third-order valence-electron chi connectivity index (χ3n) is 2.67. The molecule has 0 saturated heterocycles. The number of amides is 1. The number of hydrogen-bond acceptors (Lipinski definition) is 4. The summed E-state index contributed by atoms with van der Waals surface area (Å²) in [6.07, 6.45) is 3.06. The molecule has 110 valence electrons. The van der Waals surface area contributed by atoms with Crippen LogP contribution in [0.25, 0.3) is 0 Å². The van der Waals surface area contributed by atoms with E-state index in [-0.39, 0.29) is 23.8 Å². The number of nitrogens with one attached hydrogen (secondary N) is 1. The first-order valence-corrected chi connectivity index (χ1v) is 6.91. The lowest BCUT2D eigenvalue weighted by Gasteiger charge is -2.08. The Morgan fingerprint density at radius 3 is 2.75 bits per heavy atom. The molecule has 0 aliphatic heterocycles. The van der Waals surface area contributed by atoms with Gasteiger partial charge in [-0.05, 0) is 24.6 Å². The van der Waals surface area contributed by atoms with E-state index >= 15 is 0 Å². The van der Waals surface area contributed by atoms with Crippen molar-refractivity contribution in [3.05, 3.63) is 28.8 Å². The molecule has 20 heavy (non-hydrogen) atoms. The predicted octanol–water partition coefficient (Wildman–Crippen LogP) is 2.39. The maximum Gasteiger partial charge on any atom is 0.340 e. The Labute approximate surface area is 123 Å². The van der Waals surface area contributed by atoms with Crippen LogP contribution in [0.3, 0.4) is 0 Å². The van der Waals surface area contributed by atoms with E-state index in [1.165, 1.54) is 12.1 Å². The van der Waals surface area contributed by atoms with Crippen LogP contribution in [-0.2, 0) is 9.53 Å².